The Morgan fingerprint density at radius 3 is 2.31 bits per heavy atom. The van der Waals surface area contributed by atoms with E-state index in [4.69, 9.17) is 4.74 Å². The molecule has 152 valence electrons. The summed E-state index contributed by atoms with van der Waals surface area (Å²) in [6, 6.07) is 19.2. The van der Waals surface area contributed by atoms with Gasteiger partial charge in [-0.25, -0.2) is 0 Å². The topological polar surface area (TPSA) is 76.5 Å². The first-order valence-corrected chi connectivity index (χ1v) is 8.90. The molecule has 2 aromatic carbocycles. The van der Waals surface area contributed by atoms with Crippen molar-refractivity contribution in [2.45, 2.75) is 0 Å². The standard InChI is InChI=1S/C21H22N4O3.ClH/c1-24(2)14-13-22-21(27)20-18(28-17-11-7-4-8-12-17)15-19(26)25(23-20)16-9-5-3-6-10-16;/h3-12,15H,13-14H2,1-2H3,(H,22,27);1H. The number of carbonyl (C=O) groups is 1. The van der Waals surface area contributed by atoms with Gasteiger partial charge in [-0.3, -0.25) is 9.59 Å². The maximum Gasteiger partial charge on any atom is 0.275 e. The Kier molecular flexibility index (Phi) is 7.94. The molecule has 3 rings (SSSR count). The predicted molar refractivity (Wildman–Crippen MR) is 114 cm³/mol. The normalized spacial score (nSPS) is 10.3. The molecule has 0 atom stereocenters. The van der Waals surface area contributed by atoms with Gasteiger partial charge < -0.3 is 15.0 Å². The molecule has 7 nitrogen and oxygen atoms in total. The van der Waals surface area contributed by atoms with Gasteiger partial charge in [-0.05, 0) is 38.4 Å². The van der Waals surface area contributed by atoms with Gasteiger partial charge in [0.15, 0.2) is 11.4 Å². The molecule has 0 aliphatic carbocycles. The van der Waals surface area contributed by atoms with Crippen LogP contribution in [0.25, 0.3) is 5.69 Å². The van der Waals surface area contributed by atoms with Gasteiger partial charge in [0.05, 0.1) is 11.8 Å². The Hall–Kier alpha value is -3.16. The molecule has 0 saturated heterocycles. The van der Waals surface area contributed by atoms with Gasteiger partial charge in [0.25, 0.3) is 11.5 Å². The largest absolute Gasteiger partial charge is 0.455 e. The summed E-state index contributed by atoms with van der Waals surface area (Å²) in [6.07, 6.45) is 0. The maximum atomic E-state index is 12.7. The van der Waals surface area contributed by atoms with Crippen molar-refractivity contribution in [2.24, 2.45) is 0 Å². The monoisotopic (exact) mass is 414 g/mol. The van der Waals surface area contributed by atoms with Crippen molar-refractivity contribution >= 4 is 18.3 Å². The Bertz CT molecular complexity index is 992. The van der Waals surface area contributed by atoms with Gasteiger partial charge in [-0.15, -0.1) is 12.4 Å². The minimum absolute atomic E-state index is 0. The Labute approximate surface area is 175 Å². The van der Waals surface area contributed by atoms with Gasteiger partial charge in [-0.1, -0.05) is 36.4 Å². The number of ether oxygens (including phenoxy) is 1. The number of nitrogens with zero attached hydrogens (tertiary/aromatic N) is 3. The highest BCUT2D eigenvalue weighted by Crippen LogP contribution is 2.23. The second kappa shape index (κ2) is 10.4. The van der Waals surface area contributed by atoms with Crippen molar-refractivity contribution < 1.29 is 9.53 Å². The fraction of sp³-hybridized carbons (Fsp3) is 0.190. The molecule has 29 heavy (non-hydrogen) atoms. The summed E-state index contributed by atoms with van der Waals surface area (Å²) < 4.78 is 6.98. The number of hydrogen-bond donors (Lipinski definition) is 1. The molecule has 0 unspecified atom stereocenters. The molecule has 3 aromatic rings. The number of hydrogen-bond acceptors (Lipinski definition) is 5. The highest BCUT2D eigenvalue weighted by molar-refractivity contribution is 5.94. The summed E-state index contributed by atoms with van der Waals surface area (Å²) in [7, 11) is 3.84. The van der Waals surface area contributed by atoms with E-state index in [1.807, 2.05) is 43.3 Å². The molecule has 0 spiro atoms. The van der Waals surface area contributed by atoms with E-state index in [1.54, 1.807) is 36.4 Å². The molecular weight excluding hydrogens is 392 g/mol. The average Bonchev–Trinajstić information content (AvgIpc) is 2.69. The molecule has 0 radical (unpaired) electrons. The third-order valence-electron chi connectivity index (χ3n) is 3.93. The number of carbonyl (C=O) groups excluding carboxylic acids is 1. The highest BCUT2D eigenvalue weighted by Gasteiger charge is 2.19. The number of halogens is 1. The van der Waals surface area contributed by atoms with Crippen molar-refractivity contribution in [1.82, 2.24) is 20.0 Å². The van der Waals surface area contributed by atoms with Crippen LogP contribution in [0.2, 0.25) is 0 Å². The third kappa shape index (κ3) is 5.91. The van der Waals surface area contributed by atoms with Crippen LogP contribution in [0.1, 0.15) is 10.5 Å². The Morgan fingerprint density at radius 2 is 1.69 bits per heavy atom. The lowest BCUT2D eigenvalue weighted by Gasteiger charge is -2.14. The first kappa shape index (κ1) is 22.1. The van der Waals surface area contributed by atoms with Crippen LogP contribution < -0.4 is 15.6 Å². The number of likely N-dealkylation sites (N-methyl/N-ethyl adjacent to an activating group) is 1. The lowest BCUT2D eigenvalue weighted by Crippen LogP contribution is -2.34. The molecule has 1 heterocycles. The number of nitrogens with one attached hydrogen (secondary N) is 1. The predicted octanol–water partition coefficient (Wildman–Crippen LogP) is 2.74. The zero-order chi connectivity index (χ0) is 19.9. The van der Waals surface area contributed by atoms with Crippen molar-refractivity contribution in [2.75, 3.05) is 27.2 Å². The lowest BCUT2D eigenvalue weighted by atomic mass is 10.3. The number of benzene rings is 2. The fourth-order valence-corrected chi connectivity index (χ4v) is 2.52. The third-order valence-corrected chi connectivity index (χ3v) is 3.93. The number of para-hydroxylation sites is 2. The Balaban J connectivity index is 0.00000300. The molecule has 0 aliphatic rings. The van der Waals surface area contributed by atoms with Crippen LogP contribution in [0.3, 0.4) is 0 Å². The molecule has 8 heteroatoms. The SMILES string of the molecule is CN(C)CCNC(=O)c1nn(-c2ccccc2)c(=O)cc1Oc1ccccc1.Cl. The van der Waals surface area contributed by atoms with Crippen LogP contribution in [0.5, 0.6) is 11.5 Å². The first-order valence-electron chi connectivity index (χ1n) is 8.90. The average molecular weight is 415 g/mol. The van der Waals surface area contributed by atoms with Crippen LogP contribution in [-0.2, 0) is 0 Å². The van der Waals surface area contributed by atoms with E-state index in [0.29, 0.717) is 24.5 Å². The lowest BCUT2D eigenvalue weighted by molar-refractivity contribution is 0.0941. The molecule has 1 N–H and O–H groups in total. The molecule has 1 amide bonds. The smallest absolute Gasteiger partial charge is 0.275 e. The van der Waals surface area contributed by atoms with Gasteiger partial charge in [-0.2, -0.15) is 9.78 Å². The molecule has 1 aromatic heterocycles. The summed E-state index contributed by atoms with van der Waals surface area (Å²) in [6.45, 7) is 1.13. The molecule has 0 fully saturated rings. The van der Waals surface area contributed by atoms with Gasteiger partial charge in [0, 0.05) is 13.1 Å². The van der Waals surface area contributed by atoms with Gasteiger partial charge in [0.1, 0.15) is 5.75 Å². The molecule has 0 bridgehead atoms. The summed E-state index contributed by atoms with van der Waals surface area (Å²) in [5.74, 6) is 0.228. The van der Waals surface area contributed by atoms with Crippen LogP contribution >= 0.6 is 12.4 Å². The maximum absolute atomic E-state index is 12.7. The van der Waals surface area contributed by atoms with E-state index < -0.39 is 5.91 Å². The van der Waals surface area contributed by atoms with E-state index in [-0.39, 0.29) is 29.4 Å². The highest BCUT2D eigenvalue weighted by atomic mass is 35.5. The summed E-state index contributed by atoms with van der Waals surface area (Å²) in [5, 5.41) is 7.11. The van der Waals surface area contributed by atoms with Crippen LogP contribution in [0, 0.1) is 0 Å². The van der Waals surface area contributed by atoms with Gasteiger partial charge in [0.2, 0.25) is 0 Å². The van der Waals surface area contributed by atoms with E-state index in [9.17, 15) is 9.59 Å². The number of aromatic nitrogens is 2. The zero-order valence-corrected chi connectivity index (χ0v) is 17.1. The van der Waals surface area contributed by atoms with E-state index in [2.05, 4.69) is 10.4 Å². The van der Waals surface area contributed by atoms with Crippen LogP contribution in [-0.4, -0.2) is 47.8 Å². The quantitative estimate of drug-likeness (QED) is 0.643. The summed E-state index contributed by atoms with van der Waals surface area (Å²) in [5.41, 5.74) is 0.231. The first-order chi connectivity index (χ1) is 13.5. The van der Waals surface area contributed by atoms with Crippen LogP contribution in [0.15, 0.2) is 71.5 Å². The summed E-state index contributed by atoms with van der Waals surface area (Å²) >= 11 is 0. The second-order valence-electron chi connectivity index (χ2n) is 6.42. The van der Waals surface area contributed by atoms with E-state index in [0.717, 1.165) is 0 Å². The molecule has 0 aliphatic heterocycles. The molecular formula is C21H23ClN4O3. The van der Waals surface area contributed by atoms with Gasteiger partial charge >= 0.3 is 0 Å². The summed E-state index contributed by atoms with van der Waals surface area (Å²) in [4.78, 5) is 27.3. The van der Waals surface area contributed by atoms with Crippen molar-refractivity contribution in [1.29, 1.82) is 0 Å². The molecule has 0 saturated carbocycles. The van der Waals surface area contributed by atoms with E-state index in [1.165, 1.54) is 10.7 Å². The second-order valence-corrected chi connectivity index (χ2v) is 6.42. The van der Waals surface area contributed by atoms with Crippen LogP contribution in [0.4, 0.5) is 0 Å². The zero-order valence-electron chi connectivity index (χ0n) is 16.2. The Morgan fingerprint density at radius 1 is 1.07 bits per heavy atom. The van der Waals surface area contributed by atoms with Crippen molar-refractivity contribution in [3.05, 3.63) is 82.8 Å². The minimum atomic E-state index is -0.405. The number of rotatable bonds is 7. The fourth-order valence-electron chi connectivity index (χ4n) is 2.52. The number of amides is 1. The minimum Gasteiger partial charge on any atom is -0.455 e. The van der Waals surface area contributed by atoms with Crippen molar-refractivity contribution in [3.8, 4) is 17.2 Å². The van der Waals surface area contributed by atoms with Crippen molar-refractivity contribution in [3.63, 3.8) is 0 Å². The van der Waals surface area contributed by atoms with E-state index >= 15 is 0 Å².